The summed E-state index contributed by atoms with van der Waals surface area (Å²) in [7, 11) is 1.59. The van der Waals surface area contributed by atoms with Crippen molar-refractivity contribution in [2.75, 3.05) is 12.4 Å². The van der Waals surface area contributed by atoms with E-state index in [0.717, 1.165) is 16.9 Å². The standard InChI is InChI=1S/C19H19N3O3/c1-13-9-16(23)5-8-18(13)21-12-15(10-20)19(24)22-11-14-3-6-17(25-2)7-4-14/h3-9,12,21,23H,11H2,1-2H3,(H,22,24)/b15-12-. The first kappa shape index (κ1) is 17.9. The molecule has 3 N–H and O–H groups in total. The number of rotatable bonds is 6. The molecule has 0 heterocycles. The van der Waals surface area contributed by atoms with Crippen LogP contribution in [-0.2, 0) is 11.3 Å². The molecule has 6 heteroatoms. The number of phenols is 1. The minimum atomic E-state index is -0.470. The maximum absolute atomic E-state index is 12.1. The third-order valence-corrected chi connectivity index (χ3v) is 3.56. The monoisotopic (exact) mass is 337 g/mol. The van der Waals surface area contributed by atoms with E-state index in [1.54, 1.807) is 31.4 Å². The Morgan fingerprint density at radius 1 is 1.28 bits per heavy atom. The van der Waals surface area contributed by atoms with Gasteiger partial charge in [-0.3, -0.25) is 4.79 Å². The second-order valence-electron chi connectivity index (χ2n) is 5.34. The van der Waals surface area contributed by atoms with Crippen LogP contribution in [0, 0.1) is 18.3 Å². The second-order valence-corrected chi connectivity index (χ2v) is 5.34. The van der Waals surface area contributed by atoms with E-state index >= 15 is 0 Å². The number of anilines is 1. The zero-order chi connectivity index (χ0) is 18.2. The molecule has 0 fully saturated rings. The largest absolute Gasteiger partial charge is 0.508 e. The minimum Gasteiger partial charge on any atom is -0.508 e. The van der Waals surface area contributed by atoms with Gasteiger partial charge in [-0.15, -0.1) is 0 Å². The highest BCUT2D eigenvalue weighted by molar-refractivity contribution is 5.97. The van der Waals surface area contributed by atoms with Crippen LogP contribution < -0.4 is 15.4 Å². The Hall–Kier alpha value is -3.46. The number of hydrogen-bond donors (Lipinski definition) is 3. The van der Waals surface area contributed by atoms with Gasteiger partial charge in [0.05, 0.1) is 7.11 Å². The van der Waals surface area contributed by atoms with Crippen LogP contribution in [0.4, 0.5) is 5.69 Å². The van der Waals surface area contributed by atoms with E-state index in [0.29, 0.717) is 12.2 Å². The van der Waals surface area contributed by atoms with Crippen molar-refractivity contribution >= 4 is 11.6 Å². The van der Waals surface area contributed by atoms with E-state index in [1.165, 1.54) is 12.3 Å². The third-order valence-electron chi connectivity index (χ3n) is 3.56. The number of ether oxygens (including phenoxy) is 1. The molecule has 2 aromatic carbocycles. The number of methoxy groups -OCH3 is 1. The smallest absolute Gasteiger partial charge is 0.263 e. The van der Waals surface area contributed by atoms with E-state index < -0.39 is 5.91 Å². The van der Waals surface area contributed by atoms with Gasteiger partial charge in [0.1, 0.15) is 23.1 Å². The minimum absolute atomic E-state index is 0.0408. The number of aromatic hydroxyl groups is 1. The predicted octanol–water partition coefficient (Wildman–Crippen LogP) is 2.85. The Labute approximate surface area is 146 Å². The molecule has 6 nitrogen and oxygen atoms in total. The highest BCUT2D eigenvalue weighted by Gasteiger charge is 2.09. The second kappa shape index (κ2) is 8.41. The van der Waals surface area contributed by atoms with E-state index in [2.05, 4.69) is 10.6 Å². The summed E-state index contributed by atoms with van der Waals surface area (Å²) < 4.78 is 5.08. The van der Waals surface area contributed by atoms with Crippen LogP contribution in [0.3, 0.4) is 0 Å². The molecular formula is C19H19N3O3. The summed E-state index contributed by atoms with van der Waals surface area (Å²) in [5.41, 5.74) is 2.36. The number of benzene rings is 2. The number of carbonyl (C=O) groups excluding carboxylic acids is 1. The average molecular weight is 337 g/mol. The van der Waals surface area contributed by atoms with Crippen molar-refractivity contribution in [3.63, 3.8) is 0 Å². The SMILES string of the molecule is COc1ccc(CNC(=O)/C(C#N)=C\Nc2ccc(O)cc2C)cc1. The number of nitriles is 1. The van der Waals surface area contributed by atoms with Gasteiger partial charge in [0.15, 0.2) is 0 Å². The van der Waals surface area contributed by atoms with Crippen LogP contribution in [0.15, 0.2) is 54.2 Å². The molecule has 0 radical (unpaired) electrons. The lowest BCUT2D eigenvalue weighted by molar-refractivity contribution is -0.117. The Morgan fingerprint density at radius 3 is 2.60 bits per heavy atom. The van der Waals surface area contributed by atoms with Gasteiger partial charge in [-0.05, 0) is 48.4 Å². The van der Waals surface area contributed by atoms with Crippen LogP contribution in [-0.4, -0.2) is 18.1 Å². The number of amides is 1. The zero-order valence-electron chi connectivity index (χ0n) is 14.0. The predicted molar refractivity (Wildman–Crippen MR) is 95.0 cm³/mol. The van der Waals surface area contributed by atoms with Gasteiger partial charge in [-0.1, -0.05) is 12.1 Å². The van der Waals surface area contributed by atoms with Crippen molar-refractivity contribution in [3.05, 3.63) is 65.4 Å². The van der Waals surface area contributed by atoms with E-state index in [1.807, 2.05) is 25.1 Å². The summed E-state index contributed by atoms with van der Waals surface area (Å²) in [4.78, 5) is 12.1. The first-order chi connectivity index (χ1) is 12.0. The number of aryl methyl sites for hydroxylation is 1. The van der Waals surface area contributed by atoms with Crippen molar-refractivity contribution in [1.82, 2.24) is 5.32 Å². The van der Waals surface area contributed by atoms with Crippen LogP contribution in [0.25, 0.3) is 0 Å². The summed E-state index contributed by atoms with van der Waals surface area (Å²) in [6.45, 7) is 2.12. The number of phenolic OH excluding ortho intramolecular Hbond substituents is 1. The van der Waals surface area contributed by atoms with E-state index in [9.17, 15) is 15.2 Å². The van der Waals surface area contributed by atoms with Gasteiger partial charge in [-0.2, -0.15) is 5.26 Å². The van der Waals surface area contributed by atoms with Crippen LogP contribution in [0.5, 0.6) is 11.5 Å². The van der Waals surface area contributed by atoms with Crippen LogP contribution in [0.2, 0.25) is 0 Å². The lowest BCUT2D eigenvalue weighted by Crippen LogP contribution is -2.24. The summed E-state index contributed by atoms with van der Waals surface area (Å²) in [6, 6.07) is 13.9. The number of nitrogens with one attached hydrogen (secondary N) is 2. The molecule has 0 bridgehead atoms. The summed E-state index contributed by atoms with van der Waals surface area (Å²) in [5, 5.41) is 24.2. The lowest BCUT2D eigenvalue weighted by atomic mass is 10.2. The first-order valence-electron chi connectivity index (χ1n) is 7.61. The molecule has 0 aromatic heterocycles. The molecule has 2 rings (SSSR count). The van der Waals surface area contributed by atoms with Gasteiger partial charge in [0.25, 0.3) is 5.91 Å². The molecule has 0 unspecified atom stereocenters. The van der Waals surface area contributed by atoms with Gasteiger partial charge in [-0.25, -0.2) is 0 Å². The Morgan fingerprint density at radius 2 is 2.00 bits per heavy atom. The molecule has 0 spiro atoms. The Kier molecular flexibility index (Phi) is 6.02. The molecule has 25 heavy (non-hydrogen) atoms. The fourth-order valence-corrected chi connectivity index (χ4v) is 2.13. The van der Waals surface area contributed by atoms with Crippen LogP contribution in [0.1, 0.15) is 11.1 Å². The number of carbonyl (C=O) groups is 1. The highest BCUT2D eigenvalue weighted by Crippen LogP contribution is 2.20. The zero-order valence-corrected chi connectivity index (χ0v) is 14.0. The summed E-state index contributed by atoms with van der Waals surface area (Å²) in [6.07, 6.45) is 1.35. The molecule has 0 aliphatic heterocycles. The van der Waals surface area contributed by atoms with Gasteiger partial charge < -0.3 is 20.5 Å². The fourth-order valence-electron chi connectivity index (χ4n) is 2.13. The number of nitrogens with zero attached hydrogens (tertiary/aromatic N) is 1. The topological polar surface area (TPSA) is 94.4 Å². The van der Waals surface area contributed by atoms with Crippen molar-refractivity contribution in [3.8, 4) is 17.6 Å². The van der Waals surface area contributed by atoms with E-state index in [-0.39, 0.29) is 11.3 Å². The van der Waals surface area contributed by atoms with Gasteiger partial charge in [0.2, 0.25) is 0 Å². The molecular weight excluding hydrogens is 318 g/mol. The first-order valence-corrected chi connectivity index (χ1v) is 7.61. The van der Waals surface area contributed by atoms with Gasteiger partial charge >= 0.3 is 0 Å². The van der Waals surface area contributed by atoms with Crippen molar-refractivity contribution in [2.45, 2.75) is 13.5 Å². The van der Waals surface area contributed by atoms with Crippen molar-refractivity contribution in [1.29, 1.82) is 5.26 Å². The highest BCUT2D eigenvalue weighted by atomic mass is 16.5. The maximum atomic E-state index is 12.1. The molecule has 1 amide bonds. The molecule has 0 saturated heterocycles. The summed E-state index contributed by atoms with van der Waals surface area (Å²) in [5.74, 6) is 0.424. The molecule has 128 valence electrons. The van der Waals surface area contributed by atoms with Gasteiger partial charge in [0, 0.05) is 18.4 Å². The normalized spacial score (nSPS) is 10.7. The Bertz CT molecular complexity index is 821. The molecule has 2 aromatic rings. The van der Waals surface area contributed by atoms with Crippen molar-refractivity contribution < 1.29 is 14.6 Å². The maximum Gasteiger partial charge on any atom is 0.263 e. The average Bonchev–Trinajstić information content (AvgIpc) is 2.62. The van der Waals surface area contributed by atoms with Crippen LogP contribution >= 0.6 is 0 Å². The van der Waals surface area contributed by atoms with E-state index in [4.69, 9.17) is 4.74 Å². The Balaban J connectivity index is 1.98. The third kappa shape index (κ3) is 5.01. The molecule has 0 saturated carbocycles. The molecule has 0 aliphatic rings. The fraction of sp³-hybridized carbons (Fsp3) is 0.158. The quantitative estimate of drug-likeness (QED) is 0.428. The lowest BCUT2D eigenvalue weighted by Gasteiger charge is -2.08. The van der Waals surface area contributed by atoms with Crippen molar-refractivity contribution in [2.24, 2.45) is 0 Å². The molecule has 0 aliphatic carbocycles. The number of hydrogen-bond acceptors (Lipinski definition) is 5. The summed E-state index contributed by atoms with van der Waals surface area (Å²) >= 11 is 0. The molecule has 0 atom stereocenters.